The summed E-state index contributed by atoms with van der Waals surface area (Å²) in [6.07, 6.45) is 3.13. The minimum atomic E-state index is 0.635. The lowest BCUT2D eigenvalue weighted by Gasteiger charge is -2.36. The van der Waals surface area contributed by atoms with E-state index in [1.807, 2.05) is 18.2 Å². The Balaban J connectivity index is 1.90. The summed E-state index contributed by atoms with van der Waals surface area (Å²) in [5, 5.41) is 0. The molecule has 0 aromatic heterocycles. The van der Waals surface area contributed by atoms with Gasteiger partial charge < -0.3 is 9.64 Å². The summed E-state index contributed by atoms with van der Waals surface area (Å²) < 4.78 is 5.87. The smallest absolute Gasteiger partial charge is 0.186 e. The Morgan fingerprint density at radius 2 is 2.06 bits per heavy atom. The van der Waals surface area contributed by atoms with Gasteiger partial charge in [0.05, 0.1) is 0 Å². The molecule has 1 aliphatic rings. The molecule has 1 aliphatic heterocycles. The van der Waals surface area contributed by atoms with Crippen LogP contribution in [0.2, 0.25) is 0 Å². The number of nitrogens with zero attached hydrogens (tertiary/aromatic N) is 1. The Morgan fingerprint density at radius 1 is 1.35 bits per heavy atom. The van der Waals surface area contributed by atoms with Gasteiger partial charge in [0, 0.05) is 13.1 Å². The summed E-state index contributed by atoms with van der Waals surface area (Å²) in [7, 11) is 0. The summed E-state index contributed by atoms with van der Waals surface area (Å²) in [5.74, 6) is 0.990. The van der Waals surface area contributed by atoms with E-state index in [-0.39, 0.29) is 0 Å². The minimum Gasteiger partial charge on any atom is -0.474 e. The Kier molecular flexibility index (Phi) is 3.86. The van der Waals surface area contributed by atoms with Crippen molar-refractivity contribution in [1.29, 1.82) is 0 Å². The van der Waals surface area contributed by atoms with Crippen molar-refractivity contribution in [3.05, 3.63) is 60.0 Å². The van der Waals surface area contributed by atoms with Crippen molar-refractivity contribution < 1.29 is 4.74 Å². The molecule has 1 aromatic rings. The molecule has 2 rings (SSSR count). The van der Waals surface area contributed by atoms with Crippen molar-refractivity contribution in [2.75, 3.05) is 13.1 Å². The van der Waals surface area contributed by atoms with Crippen LogP contribution in [0.25, 0.3) is 0 Å². The topological polar surface area (TPSA) is 12.5 Å². The van der Waals surface area contributed by atoms with E-state index in [1.165, 1.54) is 11.1 Å². The van der Waals surface area contributed by atoms with Crippen LogP contribution in [0, 0.1) is 0 Å². The fourth-order valence-corrected chi connectivity index (χ4v) is 1.83. The Bertz CT molecular complexity index is 400. The lowest BCUT2D eigenvalue weighted by atomic mass is 10.1. The van der Waals surface area contributed by atoms with Gasteiger partial charge in [0.15, 0.2) is 5.88 Å². The minimum absolute atomic E-state index is 0.635. The second kappa shape index (κ2) is 5.58. The molecule has 0 radical (unpaired) electrons. The van der Waals surface area contributed by atoms with Gasteiger partial charge in [-0.2, -0.15) is 0 Å². The van der Waals surface area contributed by atoms with Crippen molar-refractivity contribution in [2.45, 2.75) is 20.0 Å². The predicted octanol–water partition coefficient (Wildman–Crippen LogP) is 3.33. The molecule has 1 saturated heterocycles. The molecular weight excluding hydrogens is 210 g/mol. The van der Waals surface area contributed by atoms with Gasteiger partial charge in [-0.15, -0.1) is 0 Å². The van der Waals surface area contributed by atoms with Crippen molar-refractivity contribution in [1.82, 2.24) is 4.90 Å². The molecule has 0 aliphatic carbocycles. The quantitative estimate of drug-likeness (QED) is 0.567. The van der Waals surface area contributed by atoms with E-state index < -0.39 is 0 Å². The molecule has 0 unspecified atom stereocenters. The molecule has 0 amide bonds. The van der Waals surface area contributed by atoms with Crippen LogP contribution in [0.1, 0.15) is 18.9 Å². The predicted molar refractivity (Wildman–Crippen MR) is 70.3 cm³/mol. The van der Waals surface area contributed by atoms with Gasteiger partial charge in [-0.05, 0) is 23.6 Å². The maximum Gasteiger partial charge on any atom is 0.186 e. The lowest BCUT2D eigenvalue weighted by molar-refractivity contribution is 0.0910. The van der Waals surface area contributed by atoms with Crippen LogP contribution in [0.3, 0.4) is 0 Å². The molecule has 2 nitrogen and oxygen atoms in total. The molecule has 0 N–H and O–H groups in total. The van der Waals surface area contributed by atoms with Gasteiger partial charge in [-0.25, -0.2) is 0 Å². The number of benzene rings is 1. The number of rotatable bonds is 5. The van der Waals surface area contributed by atoms with Gasteiger partial charge in [0.25, 0.3) is 0 Å². The molecule has 1 aromatic carbocycles. The summed E-state index contributed by atoms with van der Waals surface area (Å²) in [6, 6.07) is 10.3. The van der Waals surface area contributed by atoms with Gasteiger partial charge in [-0.3, -0.25) is 0 Å². The third-order valence-corrected chi connectivity index (χ3v) is 2.75. The average Bonchev–Trinajstić information content (AvgIpc) is 2.32. The second-order valence-electron chi connectivity index (χ2n) is 4.33. The zero-order valence-corrected chi connectivity index (χ0v) is 10.4. The maximum atomic E-state index is 5.87. The third-order valence-electron chi connectivity index (χ3n) is 2.75. The van der Waals surface area contributed by atoms with Gasteiger partial charge in [0.2, 0.25) is 0 Å². The first kappa shape index (κ1) is 11.8. The van der Waals surface area contributed by atoms with Crippen molar-refractivity contribution in [3.63, 3.8) is 0 Å². The average molecular weight is 229 g/mol. The maximum absolute atomic E-state index is 5.87. The van der Waals surface area contributed by atoms with Crippen LogP contribution in [-0.2, 0) is 11.3 Å². The van der Waals surface area contributed by atoms with Crippen LogP contribution in [0.4, 0.5) is 0 Å². The van der Waals surface area contributed by atoms with Crippen molar-refractivity contribution in [3.8, 4) is 0 Å². The fraction of sp³-hybridized carbons (Fsp3) is 0.333. The van der Waals surface area contributed by atoms with Gasteiger partial charge in [-0.1, -0.05) is 43.8 Å². The molecule has 0 atom stereocenters. The standard InChI is InChI=1S/C15H19NO/c1-3-7-15(16-10-13(2)11-16)17-12-14-8-5-4-6-9-14/h4-9H,2-3,10-12H2,1H3/b15-7+. The molecule has 1 heterocycles. The normalized spacial score (nSPS) is 15.7. The summed E-state index contributed by atoms with van der Waals surface area (Å²) in [6.45, 7) is 8.57. The van der Waals surface area contributed by atoms with E-state index in [9.17, 15) is 0 Å². The monoisotopic (exact) mass is 229 g/mol. The zero-order chi connectivity index (χ0) is 12.1. The molecule has 1 fully saturated rings. The molecule has 0 saturated carbocycles. The highest BCUT2D eigenvalue weighted by Crippen LogP contribution is 2.20. The number of hydrogen-bond acceptors (Lipinski definition) is 2. The number of allylic oxidation sites excluding steroid dienone is 1. The zero-order valence-electron chi connectivity index (χ0n) is 10.4. The van der Waals surface area contributed by atoms with Gasteiger partial charge in [0.1, 0.15) is 6.61 Å². The number of ether oxygens (including phenoxy) is 1. The highest BCUT2D eigenvalue weighted by Gasteiger charge is 2.21. The van der Waals surface area contributed by atoms with E-state index in [1.54, 1.807) is 0 Å². The van der Waals surface area contributed by atoms with Crippen molar-refractivity contribution in [2.24, 2.45) is 0 Å². The SMILES string of the molecule is C=C1CN(/C(=C\CC)OCc2ccccc2)C1. The summed E-state index contributed by atoms with van der Waals surface area (Å²) in [4.78, 5) is 2.22. The lowest BCUT2D eigenvalue weighted by Crippen LogP contribution is -2.39. The van der Waals surface area contributed by atoms with E-state index in [2.05, 4.69) is 36.6 Å². The first-order chi connectivity index (χ1) is 8.29. The molecular formula is C15H19NO. The van der Waals surface area contributed by atoms with E-state index >= 15 is 0 Å². The highest BCUT2D eigenvalue weighted by molar-refractivity contribution is 5.17. The van der Waals surface area contributed by atoms with Crippen LogP contribution < -0.4 is 0 Å². The van der Waals surface area contributed by atoms with Crippen LogP contribution in [0.15, 0.2) is 54.4 Å². The largest absolute Gasteiger partial charge is 0.474 e. The van der Waals surface area contributed by atoms with E-state index in [0.717, 1.165) is 25.4 Å². The molecule has 17 heavy (non-hydrogen) atoms. The molecule has 0 spiro atoms. The first-order valence-corrected chi connectivity index (χ1v) is 6.08. The first-order valence-electron chi connectivity index (χ1n) is 6.08. The van der Waals surface area contributed by atoms with Crippen LogP contribution in [0.5, 0.6) is 0 Å². The Morgan fingerprint density at radius 3 is 2.65 bits per heavy atom. The molecule has 90 valence electrons. The number of likely N-dealkylation sites (tertiary alicyclic amines) is 1. The Labute approximate surface area is 103 Å². The van der Waals surface area contributed by atoms with Crippen molar-refractivity contribution >= 4 is 0 Å². The summed E-state index contributed by atoms with van der Waals surface area (Å²) >= 11 is 0. The molecule has 2 heteroatoms. The van der Waals surface area contributed by atoms with E-state index in [4.69, 9.17) is 4.74 Å². The highest BCUT2D eigenvalue weighted by atomic mass is 16.5. The number of hydrogen-bond donors (Lipinski definition) is 0. The fourth-order valence-electron chi connectivity index (χ4n) is 1.83. The second-order valence-corrected chi connectivity index (χ2v) is 4.33. The molecule has 0 bridgehead atoms. The van der Waals surface area contributed by atoms with Crippen LogP contribution in [-0.4, -0.2) is 18.0 Å². The van der Waals surface area contributed by atoms with Crippen LogP contribution >= 0.6 is 0 Å². The summed E-state index contributed by atoms with van der Waals surface area (Å²) in [5.41, 5.74) is 2.48. The Hall–Kier alpha value is -1.70. The van der Waals surface area contributed by atoms with E-state index in [0.29, 0.717) is 6.61 Å². The van der Waals surface area contributed by atoms with Gasteiger partial charge >= 0.3 is 0 Å². The third kappa shape index (κ3) is 3.13.